The highest BCUT2D eigenvalue weighted by atomic mass is 35.5. The molecule has 5 N–H and O–H groups in total. The fourth-order valence-electron chi connectivity index (χ4n) is 4.19. The highest BCUT2D eigenvalue weighted by Crippen LogP contribution is 2.33. The van der Waals surface area contributed by atoms with Crippen LogP contribution in [0.3, 0.4) is 0 Å². The van der Waals surface area contributed by atoms with Gasteiger partial charge in [-0.05, 0) is 37.0 Å². The van der Waals surface area contributed by atoms with Gasteiger partial charge >= 0.3 is 0 Å². The molecule has 1 aromatic heterocycles. The number of nitrogen functional groups attached to an aromatic ring is 1. The maximum atomic E-state index is 13.1. The van der Waals surface area contributed by atoms with Gasteiger partial charge in [0.1, 0.15) is 18.0 Å². The van der Waals surface area contributed by atoms with Gasteiger partial charge in [-0.25, -0.2) is 9.97 Å². The predicted octanol–water partition coefficient (Wildman–Crippen LogP) is 2.75. The topological polar surface area (TPSA) is 123 Å². The van der Waals surface area contributed by atoms with E-state index in [1.54, 1.807) is 6.21 Å². The van der Waals surface area contributed by atoms with Crippen LogP contribution in [0.2, 0.25) is 5.02 Å². The van der Waals surface area contributed by atoms with Crippen LogP contribution in [0.5, 0.6) is 0 Å². The summed E-state index contributed by atoms with van der Waals surface area (Å²) in [4.78, 5) is 28.2. The van der Waals surface area contributed by atoms with Gasteiger partial charge < -0.3 is 21.7 Å². The number of nitrogens with two attached hydrogens (primary N) is 2. The number of carbonyl (C=O) groups is 1. The number of anilines is 2. The Bertz CT molecular complexity index is 1040. The molecule has 1 saturated heterocycles. The summed E-state index contributed by atoms with van der Waals surface area (Å²) in [6, 6.07) is 7.42. The Balaban J connectivity index is 1.46. The molecular formula is C23H28ClN7O. The number of hydrogen-bond acceptors (Lipinski definition) is 7. The molecule has 0 unspecified atom stereocenters. The average Bonchev–Trinajstić information content (AvgIpc) is 3.33. The molecule has 0 aliphatic carbocycles. The minimum absolute atomic E-state index is 0.111. The molecule has 4 rings (SSSR count). The lowest BCUT2D eigenvalue weighted by molar-refractivity contribution is -0.127. The van der Waals surface area contributed by atoms with Crippen molar-refractivity contribution in [1.29, 1.82) is 0 Å². The molecule has 8 nitrogen and oxygen atoms in total. The number of allylic oxidation sites excluding steroid dienone is 1. The van der Waals surface area contributed by atoms with Crippen LogP contribution in [-0.4, -0.2) is 47.3 Å². The summed E-state index contributed by atoms with van der Waals surface area (Å²) in [6.45, 7) is 3.85. The number of aromatic nitrogens is 2. The number of amides is 1. The molecule has 0 spiro atoms. The Labute approximate surface area is 192 Å². The van der Waals surface area contributed by atoms with Gasteiger partial charge in [-0.1, -0.05) is 36.7 Å². The van der Waals surface area contributed by atoms with Gasteiger partial charge in [-0.3, -0.25) is 9.79 Å². The van der Waals surface area contributed by atoms with Crippen LogP contribution in [-0.2, 0) is 4.79 Å². The number of benzene rings is 1. The largest absolute Gasteiger partial charge is 0.383 e. The zero-order valence-electron chi connectivity index (χ0n) is 18.1. The molecular weight excluding hydrogens is 426 g/mol. The van der Waals surface area contributed by atoms with Crippen molar-refractivity contribution in [2.45, 2.75) is 37.8 Å². The minimum Gasteiger partial charge on any atom is -0.383 e. The van der Waals surface area contributed by atoms with E-state index in [-0.39, 0.29) is 11.9 Å². The maximum absolute atomic E-state index is 13.1. The number of rotatable bonds is 6. The SMILES string of the molecule is CC[C@H](NC(=O)C1(N)CCN(c2ncnc(N)c2C2=CCN=C2)CC1)c1ccc(Cl)cc1. The number of nitrogens with one attached hydrogen (secondary N) is 1. The first-order valence-corrected chi connectivity index (χ1v) is 11.2. The maximum Gasteiger partial charge on any atom is 0.240 e. The first-order chi connectivity index (χ1) is 15.4. The molecule has 0 radical (unpaired) electrons. The Morgan fingerprint density at radius 2 is 1.97 bits per heavy atom. The monoisotopic (exact) mass is 453 g/mol. The van der Waals surface area contributed by atoms with E-state index < -0.39 is 5.54 Å². The lowest BCUT2D eigenvalue weighted by atomic mass is 9.86. The summed E-state index contributed by atoms with van der Waals surface area (Å²) in [5.41, 5.74) is 14.5. The molecule has 2 aliphatic heterocycles. The van der Waals surface area contributed by atoms with Crippen molar-refractivity contribution in [2.24, 2.45) is 10.7 Å². The number of piperidine rings is 1. The second-order valence-electron chi connectivity index (χ2n) is 8.24. The van der Waals surface area contributed by atoms with Gasteiger partial charge in [0, 0.05) is 29.9 Å². The standard InChI is InChI=1S/C23H28ClN7O/c1-2-18(15-3-5-17(24)6-4-15)30-22(32)23(26)8-11-31(12-9-23)21-19(16-7-10-27-13-16)20(25)28-14-29-21/h3-7,13-14,18H,2,8-12,26H2,1H3,(H,30,32)(H2,25,28,29)/t18-/m0/s1. The van der Waals surface area contributed by atoms with E-state index in [0.29, 0.717) is 43.3 Å². The Morgan fingerprint density at radius 1 is 1.25 bits per heavy atom. The molecule has 2 aromatic rings. The van der Waals surface area contributed by atoms with Gasteiger partial charge in [0.15, 0.2) is 0 Å². The predicted molar refractivity (Wildman–Crippen MR) is 129 cm³/mol. The zero-order valence-corrected chi connectivity index (χ0v) is 18.8. The first kappa shape index (κ1) is 22.2. The lowest BCUT2D eigenvalue weighted by Crippen LogP contribution is -2.60. The molecule has 1 atom stereocenters. The number of carbonyl (C=O) groups excluding carboxylic acids is 1. The van der Waals surface area contributed by atoms with Gasteiger partial charge in [0.2, 0.25) is 5.91 Å². The van der Waals surface area contributed by atoms with Crippen LogP contribution in [0.4, 0.5) is 11.6 Å². The molecule has 0 bridgehead atoms. The van der Waals surface area contributed by atoms with E-state index in [2.05, 4.69) is 25.2 Å². The third kappa shape index (κ3) is 4.47. The fraction of sp³-hybridized carbons (Fsp3) is 0.391. The second-order valence-corrected chi connectivity index (χ2v) is 8.68. The molecule has 3 heterocycles. The van der Waals surface area contributed by atoms with Gasteiger partial charge in [0.05, 0.1) is 23.7 Å². The van der Waals surface area contributed by atoms with Crippen LogP contribution in [0.25, 0.3) is 5.57 Å². The molecule has 1 amide bonds. The normalized spacial score (nSPS) is 18.3. The third-order valence-electron chi connectivity index (χ3n) is 6.19. The highest BCUT2D eigenvalue weighted by molar-refractivity contribution is 6.30. The van der Waals surface area contributed by atoms with Gasteiger partial charge in [0.25, 0.3) is 0 Å². The molecule has 1 aromatic carbocycles. The third-order valence-corrected chi connectivity index (χ3v) is 6.44. The van der Waals surface area contributed by atoms with Crippen LogP contribution in [0, 0.1) is 0 Å². The van der Waals surface area contributed by atoms with Crippen molar-refractivity contribution in [3.05, 3.63) is 52.8 Å². The van der Waals surface area contributed by atoms with E-state index in [1.165, 1.54) is 6.33 Å². The molecule has 2 aliphatic rings. The van der Waals surface area contributed by atoms with E-state index in [4.69, 9.17) is 23.1 Å². The molecule has 9 heteroatoms. The summed E-state index contributed by atoms with van der Waals surface area (Å²) in [5.74, 6) is 1.05. The van der Waals surface area contributed by atoms with Crippen molar-refractivity contribution < 1.29 is 4.79 Å². The van der Waals surface area contributed by atoms with Crippen molar-refractivity contribution in [3.63, 3.8) is 0 Å². The Hall–Kier alpha value is -2.97. The summed E-state index contributed by atoms with van der Waals surface area (Å²) in [6.07, 6.45) is 7.04. The molecule has 32 heavy (non-hydrogen) atoms. The van der Waals surface area contributed by atoms with E-state index in [1.807, 2.05) is 37.3 Å². The Morgan fingerprint density at radius 3 is 2.59 bits per heavy atom. The van der Waals surface area contributed by atoms with Crippen LogP contribution in [0.15, 0.2) is 41.7 Å². The van der Waals surface area contributed by atoms with Gasteiger partial charge in [-0.2, -0.15) is 0 Å². The zero-order chi connectivity index (χ0) is 22.7. The summed E-state index contributed by atoms with van der Waals surface area (Å²) in [5, 5.41) is 3.80. The first-order valence-electron chi connectivity index (χ1n) is 10.8. The Kier molecular flexibility index (Phi) is 6.43. The van der Waals surface area contributed by atoms with Crippen LogP contribution >= 0.6 is 11.6 Å². The van der Waals surface area contributed by atoms with Crippen molar-refractivity contribution in [2.75, 3.05) is 30.3 Å². The quantitative estimate of drug-likeness (QED) is 0.618. The van der Waals surface area contributed by atoms with Crippen molar-refractivity contribution in [3.8, 4) is 0 Å². The highest BCUT2D eigenvalue weighted by Gasteiger charge is 2.39. The van der Waals surface area contributed by atoms with Crippen molar-refractivity contribution >= 4 is 40.9 Å². The molecule has 168 valence electrons. The summed E-state index contributed by atoms with van der Waals surface area (Å²) in [7, 11) is 0. The van der Waals surface area contributed by atoms with Crippen LogP contribution < -0.4 is 21.7 Å². The smallest absolute Gasteiger partial charge is 0.240 e. The second kappa shape index (κ2) is 9.26. The number of halogens is 1. The summed E-state index contributed by atoms with van der Waals surface area (Å²) >= 11 is 6.00. The average molecular weight is 454 g/mol. The van der Waals surface area contributed by atoms with Crippen molar-refractivity contribution in [1.82, 2.24) is 15.3 Å². The van der Waals surface area contributed by atoms with E-state index >= 15 is 0 Å². The fourth-order valence-corrected chi connectivity index (χ4v) is 4.32. The number of aliphatic imine (C=N–C) groups is 1. The lowest BCUT2D eigenvalue weighted by Gasteiger charge is -2.39. The van der Waals surface area contributed by atoms with Gasteiger partial charge in [-0.15, -0.1) is 0 Å². The number of nitrogens with zero attached hydrogens (tertiary/aromatic N) is 4. The number of hydrogen-bond donors (Lipinski definition) is 3. The van der Waals surface area contributed by atoms with Crippen LogP contribution in [0.1, 0.15) is 43.4 Å². The van der Waals surface area contributed by atoms with E-state index in [0.717, 1.165) is 28.9 Å². The summed E-state index contributed by atoms with van der Waals surface area (Å²) < 4.78 is 0. The van der Waals surface area contributed by atoms with E-state index in [9.17, 15) is 4.79 Å². The molecule has 0 saturated carbocycles. The minimum atomic E-state index is -0.941. The molecule has 1 fully saturated rings.